The number of nitrogens with one attached hydrogen (secondary N) is 2. The summed E-state index contributed by atoms with van der Waals surface area (Å²) >= 11 is 5.93. The third-order valence-electron chi connectivity index (χ3n) is 3.41. The summed E-state index contributed by atoms with van der Waals surface area (Å²) in [5.41, 5.74) is 2.06. The Morgan fingerprint density at radius 3 is 2.46 bits per heavy atom. The first kappa shape index (κ1) is 17.8. The second-order valence-corrected chi connectivity index (χ2v) is 5.64. The van der Waals surface area contributed by atoms with E-state index in [1.807, 2.05) is 12.1 Å². The predicted molar refractivity (Wildman–Crippen MR) is 96.2 cm³/mol. The molecular weight excluding hydrogens is 328 g/mol. The monoisotopic (exact) mass is 346 g/mol. The number of carbonyl (C=O) groups excluding carboxylic acids is 2. The number of ketones is 1. The lowest BCUT2D eigenvalue weighted by Gasteiger charge is -2.11. The maximum absolute atomic E-state index is 12.0. The van der Waals surface area contributed by atoms with Gasteiger partial charge in [-0.2, -0.15) is 0 Å². The van der Waals surface area contributed by atoms with E-state index in [2.05, 4.69) is 10.6 Å². The van der Waals surface area contributed by atoms with Gasteiger partial charge in [-0.25, -0.2) is 0 Å². The van der Waals surface area contributed by atoms with E-state index in [9.17, 15) is 9.59 Å². The van der Waals surface area contributed by atoms with Crippen LogP contribution in [0.5, 0.6) is 5.75 Å². The summed E-state index contributed by atoms with van der Waals surface area (Å²) in [5, 5.41) is 6.44. The SMILES string of the molecule is COc1ccc(Cl)cc1NC(=O)CCNc1ccc(C(C)=O)cc1. The number of carbonyl (C=O) groups is 2. The zero-order valence-corrected chi connectivity index (χ0v) is 14.3. The minimum atomic E-state index is -0.150. The first-order valence-corrected chi connectivity index (χ1v) is 7.85. The number of hydrogen-bond acceptors (Lipinski definition) is 4. The minimum absolute atomic E-state index is 0.0244. The van der Waals surface area contributed by atoms with E-state index in [-0.39, 0.29) is 18.1 Å². The molecule has 0 unspecified atom stereocenters. The molecule has 1 amide bonds. The summed E-state index contributed by atoms with van der Waals surface area (Å²) in [6.45, 7) is 1.99. The third kappa shape index (κ3) is 4.99. The van der Waals surface area contributed by atoms with Crippen LogP contribution < -0.4 is 15.4 Å². The molecule has 0 aliphatic carbocycles. The number of amides is 1. The highest BCUT2D eigenvalue weighted by atomic mass is 35.5. The van der Waals surface area contributed by atoms with Gasteiger partial charge in [-0.05, 0) is 49.4 Å². The molecule has 5 nitrogen and oxygen atoms in total. The second-order valence-electron chi connectivity index (χ2n) is 5.20. The fraction of sp³-hybridized carbons (Fsp3) is 0.222. The van der Waals surface area contributed by atoms with Gasteiger partial charge in [0.25, 0.3) is 0 Å². The molecule has 2 aromatic rings. The molecule has 2 rings (SSSR count). The van der Waals surface area contributed by atoms with Gasteiger partial charge in [0.05, 0.1) is 12.8 Å². The highest BCUT2D eigenvalue weighted by Gasteiger charge is 2.08. The summed E-state index contributed by atoms with van der Waals surface area (Å²) in [6.07, 6.45) is 0.282. The standard InChI is InChI=1S/C18H19ClN2O3/c1-12(22)13-3-6-15(7-4-13)20-10-9-18(23)21-16-11-14(19)5-8-17(16)24-2/h3-8,11,20H,9-10H2,1-2H3,(H,21,23). The largest absolute Gasteiger partial charge is 0.495 e. The maximum atomic E-state index is 12.0. The van der Waals surface area contributed by atoms with Crippen molar-refractivity contribution in [1.82, 2.24) is 0 Å². The molecule has 0 spiro atoms. The van der Waals surface area contributed by atoms with Gasteiger partial charge in [0.1, 0.15) is 5.75 Å². The molecule has 0 saturated heterocycles. The zero-order chi connectivity index (χ0) is 17.5. The van der Waals surface area contributed by atoms with E-state index >= 15 is 0 Å². The van der Waals surface area contributed by atoms with E-state index in [1.54, 1.807) is 30.3 Å². The summed E-state index contributed by atoms with van der Waals surface area (Å²) in [7, 11) is 1.53. The number of methoxy groups -OCH3 is 1. The molecule has 0 aliphatic rings. The van der Waals surface area contributed by atoms with Crippen LogP contribution in [0.4, 0.5) is 11.4 Å². The Morgan fingerprint density at radius 2 is 1.83 bits per heavy atom. The number of hydrogen-bond donors (Lipinski definition) is 2. The van der Waals surface area contributed by atoms with E-state index in [4.69, 9.17) is 16.3 Å². The number of rotatable bonds is 7. The Labute approximate surface area is 146 Å². The number of ether oxygens (including phenoxy) is 1. The molecule has 126 valence electrons. The fourth-order valence-corrected chi connectivity index (χ4v) is 2.31. The number of anilines is 2. The molecule has 2 N–H and O–H groups in total. The van der Waals surface area contributed by atoms with Crippen LogP contribution in [-0.4, -0.2) is 25.3 Å². The van der Waals surface area contributed by atoms with Gasteiger partial charge in [-0.15, -0.1) is 0 Å². The number of halogens is 1. The van der Waals surface area contributed by atoms with Crippen molar-refractivity contribution in [2.24, 2.45) is 0 Å². The van der Waals surface area contributed by atoms with Crippen molar-refractivity contribution in [3.8, 4) is 5.75 Å². The van der Waals surface area contributed by atoms with Crippen LogP contribution in [0.2, 0.25) is 5.02 Å². The molecule has 0 saturated carbocycles. The van der Waals surface area contributed by atoms with Crippen LogP contribution in [0.1, 0.15) is 23.7 Å². The molecule has 0 bridgehead atoms. The molecule has 2 aromatic carbocycles. The first-order chi connectivity index (χ1) is 11.5. The lowest BCUT2D eigenvalue weighted by Crippen LogP contribution is -2.16. The summed E-state index contributed by atoms with van der Waals surface area (Å²) in [6, 6.07) is 12.2. The average Bonchev–Trinajstić information content (AvgIpc) is 2.55. The molecule has 0 aromatic heterocycles. The topological polar surface area (TPSA) is 67.4 Å². The molecule has 24 heavy (non-hydrogen) atoms. The van der Waals surface area contributed by atoms with Gasteiger partial charge in [0.2, 0.25) is 5.91 Å². The fourth-order valence-electron chi connectivity index (χ4n) is 2.13. The van der Waals surface area contributed by atoms with Gasteiger partial charge >= 0.3 is 0 Å². The van der Waals surface area contributed by atoms with Crippen LogP contribution in [0.15, 0.2) is 42.5 Å². The minimum Gasteiger partial charge on any atom is -0.495 e. The van der Waals surface area contributed by atoms with Gasteiger partial charge < -0.3 is 15.4 Å². The van der Waals surface area contributed by atoms with Crippen molar-refractivity contribution in [3.05, 3.63) is 53.1 Å². The van der Waals surface area contributed by atoms with E-state index < -0.39 is 0 Å². The van der Waals surface area contributed by atoms with Crippen molar-refractivity contribution in [2.45, 2.75) is 13.3 Å². The number of Topliss-reactive ketones (excluding diaryl/α,β-unsaturated/α-hetero) is 1. The molecule has 0 aliphatic heterocycles. The van der Waals surface area contributed by atoms with E-state index in [1.165, 1.54) is 14.0 Å². The lowest BCUT2D eigenvalue weighted by molar-refractivity contribution is -0.116. The number of benzene rings is 2. The van der Waals surface area contributed by atoms with Crippen LogP contribution in [0, 0.1) is 0 Å². The van der Waals surface area contributed by atoms with Crippen LogP contribution >= 0.6 is 11.6 Å². The Morgan fingerprint density at radius 1 is 1.12 bits per heavy atom. The molecule has 6 heteroatoms. The zero-order valence-electron chi connectivity index (χ0n) is 13.6. The van der Waals surface area contributed by atoms with Crippen molar-refractivity contribution >= 4 is 34.7 Å². The summed E-state index contributed by atoms with van der Waals surface area (Å²) in [4.78, 5) is 23.2. The Hall–Kier alpha value is -2.53. The quantitative estimate of drug-likeness (QED) is 0.744. The Balaban J connectivity index is 1.85. The smallest absolute Gasteiger partial charge is 0.226 e. The first-order valence-electron chi connectivity index (χ1n) is 7.48. The third-order valence-corrected chi connectivity index (χ3v) is 3.64. The van der Waals surface area contributed by atoms with E-state index in [0.29, 0.717) is 28.6 Å². The van der Waals surface area contributed by atoms with Crippen molar-refractivity contribution in [1.29, 1.82) is 0 Å². The van der Waals surface area contributed by atoms with Crippen LogP contribution in [0.25, 0.3) is 0 Å². The van der Waals surface area contributed by atoms with Crippen LogP contribution in [0.3, 0.4) is 0 Å². The highest BCUT2D eigenvalue weighted by molar-refractivity contribution is 6.31. The molecule has 0 heterocycles. The van der Waals surface area contributed by atoms with Gasteiger partial charge in [-0.3, -0.25) is 9.59 Å². The van der Waals surface area contributed by atoms with Gasteiger partial charge in [0.15, 0.2) is 5.78 Å². The van der Waals surface area contributed by atoms with Crippen molar-refractivity contribution in [3.63, 3.8) is 0 Å². The summed E-state index contributed by atoms with van der Waals surface area (Å²) < 4.78 is 5.19. The molecular formula is C18H19ClN2O3. The molecule has 0 radical (unpaired) electrons. The van der Waals surface area contributed by atoms with E-state index in [0.717, 1.165) is 5.69 Å². The lowest BCUT2D eigenvalue weighted by atomic mass is 10.1. The van der Waals surface area contributed by atoms with Crippen LogP contribution in [-0.2, 0) is 4.79 Å². The average molecular weight is 347 g/mol. The van der Waals surface area contributed by atoms with Gasteiger partial charge in [0, 0.05) is 29.2 Å². The Bertz CT molecular complexity index is 730. The van der Waals surface area contributed by atoms with Crippen molar-refractivity contribution < 1.29 is 14.3 Å². The van der Waals surface area contributed by atoms with Crippen molar-refractivity contribution in [2.75, 3.05) is 24.3 Å². The summed E-state index contributed by atoms with van der Waals surface area (Å²) in [5.74, 6) is 0.431. The molecule has 0 fully saturated rings. The predicted octanol–water partition coefficient (Wildman–Crippen LogP) is 3.99. The normalized spacial score (nSPS) is 10.1. The van der Waals surface area contributed by atoms with Gasteiger partial charge in [-0.1, -0.05) is 11.6 Å². The second kappa shape index (κ2) is 8.36. The Kier molecular flexibility index (Phi) is 6.21. The molecule has 0 atom stereocenters. The highest BCUT2D eigenvalue weighted by Crippen LogP contribution is 2.27. The maximum Gasteiger partial charge on any atom is 0.226 e.